The molecule has 4 heteroatoms. The molecule has 2 fully saturated rings. The smallest absolute Gasteiger partial charge is 0.306 e. The number of nitrogens with one attached hydrogen (secondary N) is 1. The zero-order chi connectivity index (χ0) is 14.8. The van der Waals surface area contributed by atoms with Gasteiger partial charge in [0.2, 0.25) is 5.91 Å². The molecule has 4 nitrogen and oxygen atoms in total. The Morgan fingerprint density at radius 1 is 1.05 bits per heavy atom. The van der Waals surface area contributed by atoms with E-state index in [1.165, 1.54) is 5.56 Å². The Hall–Kier alpha value is -1.84. The second kappa shape index (κ2) is 5.88. The minimum Gasteiger partial charge on any atom is -0.481 e. The van der Waals surface area contributed by atoms with Crippen molar-refractivity contribution in [3.63, 3.8) is 0 Å². The number of carbonyl (C=O) groups is 2. The van der Waals surface area contributed by atoms with Crippen LogP contribution in [0.15, 0.2) is 30.3 Å². The number of carboxylic acid groups (broad SMARTS) is 1. The summed E-state index contributed by atoms with van der Waals surface area (Å²) in [5.74, 6) is -0.769. The molecule has 0 radical (unpaired) electrons. The van der Waals surface area contributed by atoms with Gasteiger partial charge in [-0.3, -0.25) is 9.59 Å². The fourth-order valence-corrected chi connectivity index (χ4v) is 3.38. The number of carboxylic acids is 1. The number of rotatable bonds is 4. The van der Waals surface area contributed by atoms with Gasteiger partial charge in [0.15, 0.2) is 0 Å². The van der Waals surface area contributed by atoms with Gasteiger partial charge < -0.3 is 10.4 Å². The zero-order valence-corrected chi connectivity index (χ0v) is 12.0. The van der Waals surface area contributed by atoms with E-state index in [1.807, 2.05) is 18.2 Å². The van der Waals surface area contributed by atoms with Crippen LogP contribution in [0.1, 0.15) is 43.6 Å². The number of benzene rings is 1. The first-order valence-corrected chi connectivity index (χ1v) is 7.73. The first kappa shape index (κ1) is 14.1. The molecule has 1 amide bonds. The monoisotopic (exact) mass is 287 g/mol. The molecule has 0 aromatic heterocycles. The summed E-state index contributed by atoms with van der Waals surface area (Å²) >= 11 is 0. The molecular formula is C17H21NO3. The molecule has 1 aromatic rings. The molecule has 4 unspecified atom stereocenters. The Labute approximate surface area is 124 Å². The quantitative estimate of drug-likeness (QED) is 0.894. The highest BCUT2D eigenvalue weighted by atomic mass is 16.4. The van der Waals surface area contributed by atoms with Gasteiger partial charge in [-0.1, -0.05) is 36.8 Å². The van der Waals surface area contributed by atoms with Crippen molar-refractivity contribution in [3.8, 4) is 0 Å². The lowest BCUT2D eigenvalue weighted by Crippen LogP contribution is -2.36. The SMILES string of the molecule is O=C(O)C1CCCC(C(=O)NC2CC2c2ccccc2)C1. The van der Waals surface area contributed by atoms with Gasteiger partial charge in [0, 0.05) is 17.9 Å². The van der Waals surface area contributed by atoms with Crippen LogP contribution < -0.4 is 5.32 Å². The minimum absolute atomic E-state index is 0.0457. The molecule has 2 aliphatic rings. The lowest BCUT2D eigenvalue weighted by Gasteiger charge is -2.25. The topological polar surface area (TPSA) is 66.4 Å². The molecule has 0 saturated heterocycles. The zero-order valence-electron chi connectivity index (χ0n) is 12.0. The first-order chi connectivity index (χ1) is 10.1. The van der Waals surface area contributed by atoms with Gasteiger partial charge in [-0.15, -0.1) is 0 Å². The molecule has 2 aliphatic carbocycles. The third-order valence-electron chi connectivity index (χ3n) is 4.74. The van der Waals surface area contributed by atoms with E-state index >= 15 is 0 Å². The van der Waals surface area contributed by atoms with E-state index in [-0.39, 0.29) is 23.8 Å². The van der Waals surface area contributed by atoms with Crippen LogP contribution >= 0.6 is 0 Å². The van der Waals surface area contributed by atoms with Crippen LogP contribution in [-0.4, -0.2) is 23.0 Å². The molecular weight excluding hydrogens is 266 g/mol. The van der Waals surface area contributed by atoms with Gasteiger partial charge in [-0.05, 0) is 31.2 Å². The van der Waals surface area contributed by atoms with Crippen molar-refractivity contribution >= 4 is 11.9 Å². The molecule has 0 spiro atoms. The van der Waals surface area contributed by atoms with E-state index in [2.05, 4.69) is 17.4 Å². The molecule has 112 valence electrons. The summed E-state index contributed by atoms with van der Waals surface area (Å²) in [6.45, 7) is 0. The Bertz CT molecular complexity index is 528. The van der Waals surface area contributed by atoms with Gasteiger partial charge in [-0.2, -0.15) is 0 Å². The second-order valence-corrected chi connectivity index (χ2v) is 6.27. The van der Waals surface area contributed by atoms with Gasteiger partial charge in [0.25, 0.3) is 0 Å². The third-order valence-corrected chi connectivity index (χ3v) is 4.74. The van der Waals surface area contributed by atoms with E-state index in [1.54, 1.807) is 0 Å². The minimum atomic E-state index is -0.763. The summed E-state index contributed by atoms with van der Waals surface area (Å²) in [5.41, 5.74) is 1.27. The van der Waals surface area contributed by atoms with Gasteiger partial charge in [0.1, 0.15) is 0 Å². The van der Waals surface area contributed by atoms with Crippen molar-refractivity contribution in [2.45, 2.75) is 44.1 Å². The summed E-state index contributed by atoms with van der Waals surface area (Å²) in [6, 6.07) is 10.4. The summed E-state index contributed by atoms with van der Waals surface area (Å²) in [6.07, 6.45) is 3.84. The van der Waals surface area contributed by atoms with Crippen LogP contribution in [0.2, 0.25) is 0 Å². The average Bonchev–Trinajstić information content (AvgIpc) is 3.27. The van der Waals surface area contributed by atoms with Crippen LogP contribution in [-0.2, 0) is 9.59 Å². The van der Waals surface area contributed by atoms with E-state index in [4.69, 9.17) is 5.11 Å². The van der Waals surface area contributed by atoms with Crippen LogP contribution in [0.5, 0.6) is 0 Å². The number of hydrogen-bond donors (Lipinski definition) is 2. The number of amides is 1. The summed E-state index contributed by atoms with van der Waals surface area (Å²) in [4.78, 5) is 23.4. The predicted octanol–water partition coefficient (Wildman–Crippen LogP) is 2.55. The molecule has 3 rings (SSSR count). The van der Waals surface area contributed by atoms with Crippen LogP contribution in [0.25, 0.3) is 0 Å². The molecule has 0 aliphatic heterocycles. The van der Waals surface area contributed by atoms with Crippen molar-refractivity contribution in [2.24, 2.45) is 11.8 Å². The molecule has 2 N–H and O–H groups in total. The lowest BCUT2D eigenvalue weighted by molar-refractivity contribution is -0.144. The average molecular weight is 287 g/mol. The molecule has 1 aromatic carbocycles. The number of hydrogen-bond acceptors (Lipinski definition) is 2. The Balaban J connectivity index is 1.52. The van der Waals surface area contributed by atoms with E-state index in [9.17, 15) is 9.59 Å². The van der Waals surface area contributed by atoms with E-state index in [0.29, 0.717) is 18.8 Å². The third kappa shape index (κ3) is 3.26. The van der Waals surface area contributed by atoms with Gasteiger partial charge in [-0.25, -0.2) is 0 Å². The van der Waals surface area contributed by atoms with Crippen molar-refractivity contribution in [1.29, 1.82) is 0 Å². The Kier molecular flexibility index (Phi) is 3.95. The van der Waals surface area contributed by atoms with Crippen molar-refractivity contribution in [3.05, 3.63) is 35.9 Å². The first-order valence-electron chi connectivity index (χ1n) is 7.73. The molecule has 21 heavy (non-hydrogen) atoms. The van der Waals surface area contributed by atoms with Crippen molar-refractivity contribution in [2.75, 3.05) is 0 Å². The number of aliphatic carboxylic acids is 1. The largest absolute Gasteiger partial charge is 0.481 e. The van der Waals surface area contributed by atoms with Crippen molar-refractivity contribution < 1.29 is 14.7 Å². The standard InChI is InChI=1S/C17H21NO3/c19-16(12-7-4-8-13(9-12)17(20)21)18-15-10-14(15)11-5-2-1-3-6-11/h1-3,5-6,12-15H,4,7-10H2,(H,18,19)(H,20,21). The summed E-state index contributed by atoms with van der Waals surface area (Å²) in [7, 11) is 0. The fraction of sp³-hybridized carbons (Fsp3) is 0.529. The van der Waals surface area contributed by atoms with Crippen LogP contribution in [0.4, 0.5) is 0 Å². The van der Waals surface area contributed by atoms with Crippen LogP contribution in [0.3, 0.4) is 0 Å². The van der Waals surface area contributed by atoms with Crippen LogP contribution in [0, 0.1) is 11.8 Å². The fourth-order valence-electron chi connectivity index (χ4n) is 3.38. The Morgan fingerprint density at radius 3 is 2.48 bits per heavy atom. The highest BCUT2D eigenvalue weighted by Gasteiger charge is 2.41. The normalized spacial score (nSPS) is 31.4. The lowest BCUT2D eigenvalue weighted by atomic mass is 9.81. The highest BCUT2D eigenvalue weighted by molar-refractivity contribution is 5.81. The van der Waals surface area contributed by atoms with Crippen molar-refractivity contribution in [1.82, 2.24) is 5.32 Å². The summed E-state index contributed by atoms with van der Waals surface area (Å²) < 4.78 is 0. The maximum atomic E-state index is 12.3. The maximum Gasteiger partial charge on any atom is 0.306 e. The summed E-state index contributed by atoms with van der Waals surface area (Å²) in [5, 5.41) is 12.2. The molecule has 0 bridgehead atoms. The molecule has 2 saturated carbocycles. The second-order valence-electron chi connectivity index (χ2n) is 6.27. The van der Waals surface area contributed by atoms with Gasteiger partial charge in [0.05, 0.1) is 5.92 Å². The van der Waals surface area contributed by atoms with Gasteiger partial charge >= 0.3 is 5.97 Å². The highest BCUT2D eigenvalue weighted by Crippen LogP contribution is 2.41. The Morgan fingerprint density at radius 2 is 1.76 bits per heavy atom. The predicted molar refractivity (Wildman–Crippen MR) is 78.8 cm³/mol. The maximum absolute atomic E-state index is 12.3. The van der Waals surface area contributed by atoms with E-state index in [0.717, 1.165) is 19.3 Å². The molecule has 4 atom stereocenters. The molecule has 0 heterocycles. The van der Waals surface area contributed by atoms with E-state index < -0.39 is 5.97 Å². The number of carbonyl (C=O) groups excluding carboxylic acids is 1.